The first kappa shape index (κ1) is 20.4. The van der Waals surface area contributed by atoms with Crippen molar-refractivity contribution in [3.63, 3.8) is 0 Å². The number of hydrogen-bond acceptors (Lipinski definition) is 3. The summed E-state index contributed by atoms with van der Waals surface area (Å²) in [5, 5.41) is 0.557. The molecule has 1 heterocycles. The number of hydrogen-bond donors (Lipinski definition) is 1. The molecule has 1 aliphatic heterocycles. The van der Waals surface area contributed by atoms with Crippen LogP contribution in [0.2, 0.25) is 5.02 Å². The van der Waals surface area contributed by atoms with Crippen molar-refractivity contribution < 1.29 is 13.2 Å². The fraction of sp³-hybridized carbons (Fsp3) is 0.174. The maximum absolute atomic E-state index is 13.0. The Bertz CT molecular complexity index is 1160. The molecular formula is C23H21ClN2O3S. The van der Waals surface area contributed by atoms with E-state index in [4.69, 9.17) is 11.6 Å². The van der Waals surface area contributed by atoms with Gasteiger partial charge in [-0.15, -0.1) is 0 Å². The molecule has 0 radical (unpaired) electrons. The molecule has 5 nitrogen and oxygen atoms in total. The Morgan fingerprint density at radius 1 is 1.00 bits per heavy atom. The number of amides is 1. The fourth-order valence-corrected chi connectivity index (χ4v) is 4.92. The van der Waals surface area contributed by atoms with Crippen molar-refractivity contribution in [2.24, 2.45) is 0 Å². The zero-order chi connectivity index (χ0) is 21.1. The number of rotatable bonds is 5. The predicted octanol–water partition coefficient (Wildman–Crippen LogP) is 4.87. The van der Waals surface area contributed by atoms with E-state index in [2.05, 4.69) is 4.72 Å². The monoisotopic (exact) mass is 440 g/mol. The predicted molar refractivity (Wildman–Crippen MR) is 121 cm³/mol. The minimum Gasteiger partial charge on any atom is -0.308 e. The van der Waals surface area contributed by atoms with Gasteiger partial charge in [0.1, 0.15) is 0 Å². The summed E-state index contributed by atoms with van der Waals surface area (Å²) >= 11 is 5.87. The molecule has 3 aromatic rings. The molecule has 0 aliphatic carbocycles. The van der Waals surface area contributed by atoms with Crippen LogP contribution in [0.15, 0.2) is 72.8 Å². The standard InChI is InChI=1S/C23H21ClN2O3S/c24-20-11-8-17(9-12-20)16-30(28,29)25-21-13-10-18-7-4-14-26(22(18)15-21)23(27)19-5-2-1-3-6-19/h1-3,5-6,8-13,15,25H,4,7,14,16H2. The van der Waals surface area contributed by atoms with Crippen molar-refractivity contribution in [3.05, 3.63) is 94.5 Å². The number of nitrogens with one attached hydrogen (secondary N) is 1. The number of aryl methyl sites for hydroxylation is 1. The van der Waals surface area contributed by atoms with Crippen molar-refractivity contribution >= 4 is 38.9 Å². The number of anilines is 2. The molecule has 1 aliphatic rings. The second-order valence-corrected chi connectivity index (χ2v) is 9.42. The van der Waals surface area contributed by atoms with Crippen LogP contribution in [0.5, 0.6) is 0 Å². The van der Waals surface area contributed by atoms with Crippen molar-refractivity contribution in [2.75, 3.05) is 16.2 Å². The van der Waals surface area contributed by atoms with Gasteiger partial charge in [-0.2, -0.15) is 0 Å². The van der Waals surface area contributed by atoms with Crippen LogP contribution in [-0.2, 0) is 22.2 Å². The summed E-state index contributed by atoms with van der Waals surface area (Å²) in [7, 11) is -3.61. The van der Waals surface area contributed by atoms with Gasteiger partial charge in [0.2, 0.25) is 10.0 Å². The average molecular weight is 441 g/mol. The van der Waals surface area contributed by atoms with Crippen molar-refractivity contribution in [2.45, 2.75) is 18.6 Å². The Morgan fingerprint density at radius 2 is 1.73 bits per heavy atom. The summed E-state index contributed by atoms with van der Waals surface area (Å²) in [4.78, 5) is 14.7. The summed E-state index contributed by atoms with van der Waals surface area (Å²) in [6.45, 7) is 0.599. The molecule has 154 valence electrons. The van der Waals surface area contributed by atoms with Gasteiger partial charge in [-0.1, -0.05) is 48.0 Å². The Kier molecular flexibility index (Phi) is 5.79. The van der Waals surface area contributed by atoms with Gasteiger partial charge in [-0.25, -0.2) is 8.42 Å². The normalized spacial score (nSPS) is 13.6. The number of fused-ring (bicyclic) bond motifs is 1. The zero-order valence-electron chi connectivity index (χ0n) is 16.2. The molecule has 0 aromatic heterocycles. The van der Waals surface area contributed by atoms with E-state index >= 15 is 0 Å². The van der Waals surface area contributed by atoms with Crippen LogP contribution in [0.25, 0.3) is 0 Å². The quantitative estimate of drug-likeness (QED) is 0.615. The number of carbonyl (C=O) groups excluding carboxylic acids is 1. The van der Waals surface area contributed by atoms with Crippen LogP contribution >= 0.6 is 11.6 Å². The summed E-state index contributed by atoms with van der Waals surface area (Å²) in [5.74, 6) is -0.244. The third-order valence-electron chi connectivity index (χ3n) is 5.01. The van der Waals surface area contributed by atoms with Crippen LogP contribution in [0.4, 0.5) is 11.4 Å². The van der Waals surface area contributed by atoms with Gasteiger partial charge in [0, 0.05) is 22.8 Å². The minimum atomic E-state index is -3.61. The first-order chi connectivity index (χ1) is 14.4. The highest BCUT2D eigenvalue weighted by Gasteiger charge is 2.24. The topological polar surface area (TPSA) is 66.5 Å². The molecule has 1 amide bonds. The third kappa shape index (κ3) is 4.66. The molecular weight excluding hydrogens is 420 g/mol. The molecule has 4 rings (SSSR count). The second kappa shape index (κ2) is 8.50. The minimum absolute atomic E-state index is 0.0854. The van der Waals surface area contributed by atoms with Gasteiger partial charge in [0.25, 0.3) is 5.91 Å². The van der Waals surface area contributed by atoms with Gasteiger partial charge in [0.15, 0.2) is 0 Å². The molecule has 30 heavy (non-hydrogen) atoms. The van der Waals surface area contributed by atoms with Gasteiger partial charge in [-0.05, 0) is 60.4 Å². The molecule has 0 spiro atoms. The maximum Gasteiger partial charge on any atom is 0.258 e. The number of sulfonamides is 1. The lowest BCUT2D eigenvalue weighted by Gasteiger charge is -2.30. The second-order valence-electron chi connectivity index (χ2n) is 7.26. The summed E-state index contributed by atoms with van der Waals surface area (Å²) < 4.78 is 27.9. The van der Waals surface area contributed by atoms with Gasteiger partial charge in [0.05, 0.1) is 11.4 Å². The Balaban J connectivity index is 1.58. The molecule has 3 aromatic carbocycles. The molecule has 0 bridgehead atoms. The molecule has 0 atom stereocenters. The van der Waals surface area contributed by atoms with E-state index in [-0.39, 0.29) is 11.7 Å². The van der Waals surface area contributed by atoms with E-state index in [1.54, 1.807) is 53.4 Å². The highest BCUT2D eigenvalue weighted by molar-refractivity contribution is 7.91. The van der Waals surface area contributed by atoms with E-state index in [1.165, 1.54) is 0 Å². The molecule has 0 fully saturated rings. The summed E-state index contributed by atoms with van der Waals surface area (Å²) in [6.07, 6.45) is 1.72. The number of carbonyl (C=O) groups is 1. The molecule has 1 N–H and O–H groups in total. The van der Waals surface area contributed by atoms with E-state index in [0.717, 1.165) is 24.1 Å². The molecule has 0 saturated carbocycles. The third-order valence-corrected chi connectivity index (χ3v) is 6.53. The van der Waals surface area contributed by atoms with Crippen molar-refractivity contribution in [1.82, 2.24) is 0 Å². The van der Waals surface area contributed by atoms with E-state index in [0.29, 0.717) is 28.4 Å². The molecule has 7 heteroatoms. The lowest BCUT2D eigenvalue weighted by atomic mass is 10.00. The number of benzene rings is 3. The SMILES string of the molecule is O=C(c1ccccc1)N1CCCc2ccc(NS(=O)(=O)Cc3ccc(Cl)cc3)cc21. The lowest BCUT2D eigenvalue weighted by Crippen LogP contribution is -2.35. The largest absolute Gasteiger partial charge is 0.308 e. The number of halogens is 1. The smallest absolute Gasteiger partial charge is 0.258 e. The average Bonchev–Trinajstić information content (AvgIpc) is 2.74. The van der Waals surface area contributed by atoms with E-state index in [1.807, 2.05) is 24.3 Å². The Morgan fingerprint density at radius 3 is 2.47 bits per heavy atom. The summed E-state index contributed by atoms with van der Waals surface area (Å²) in [5.41, 5.74) is 3.48. The Hall–Kier alpha value is -2.83. The highest BCUT2D eigenvalue weighted by atomic mass is 35.5. The van der Waals surface area contributed by atoms with Crippen LogP contribution < -0.4 is 9.62 Å². The van der Waals surface area contributed by atoms with Crippen molar-refractivity contribution in [1.29, 1.82) is 0 Å². The summed E-state index contributed by atoms with van der Waals surface area (Å²) in [6, 6.07) is 21.2. The first-order valence-electron chi connectivity index (χ1n) is 9.66. The Labute approximate surface area is 181 Å². The number of nitrogens with zero attached hydrogens (tertiary/aromatic N) is 1. The first-order valence-corrected chi connectivity index (χ1v) is 11.7. The van der Waals surface area contributed by atoms with E-state index < -0.39 is 10.0 Å². The highest BCUT2D eigenvalue weighted by Crippen LogP contribution is 2.31. The fourth-order valence-electron chi connectivity index (χ4n) is 3.60. The van der Waals surface area contributed by atoms with Gasteiger partial charge in [-0.3, -0.25) is 9.52 Å². The molecule has 0 saturated heterocycles. The van der Waals surface area contributed by atoms with Crippen molar-refractivity contribution in [3.8, 4) is 0 Å². The van der Waals surface area contributed by atoms with Crippen LogP contribution in [-0.4, -0.2) is 20.9 Å². The van der Waals surface area contributed by atoms with Crippen LogP contribution in [0.3, 0.4) is 0 Å². The van der Waals surface area contributed by atoms with Crippen LogP contribution in [0, 0.1) is 0 Å². The van der Waals surface area contributed by atoms with Gasteiger partial charge >= 0.3 is 0 Å². The molecule has 0 unspecified atom stereocenters. The zero-order valence-corrected chi connectivity index (χ0v) is 17.8. The van der Waals surface area contributed by atoms with Gasteiger partial charge < -0.3 is 4.90 Å². The lowest BCUT2D eigenvalue weighted by molar-refractivity contribution is 0.0985. The van der Waals surface area contributed by atoms with E-state index in [9.17, 15) is 13.2 Å². The van der Waals surface area contributed by atoms with Crippen LogP contribution in [0.1, 0.15) is 27.9 Å². The maximum atomic E-state index is 13.0.